The Hall–Kier alpha value is -8.35. The van der Waals surface area contributed by atoms with E-state index in [1.54, 1.807) is 0 Å². The molecule has 0 aliphatic carbocycles. The molecule has 13 rings (SSSR count). The quantitative estimate of drug-likeness (QED) is 0.174. The number of nitrogens with zero attached hydrogens (tertiary/aromatic N) is 4. The normalized spacial score (nSPS) is 11.9. The van der Waals surface area contributed by atoms with Gasteiger partial charge in [0.05, 0.1) is 22.3 Å². The summed E-state index contributed by atoms with van der Waals surface area (Å²) in [6.07, 6.45) is 0. The number of aromatic nitrogens is 4. The summed E-state index contributed by atoms with van der Waals surface area (Å²) in [5.74, 6) is 1.64. The van der Waals surface area contributed by atoms with E-state index >= 15 is 0 Å². The first-order valence-corrected chi connectivity index (χ1v) is 20.4. The molecule has 0 amide bonds. The fraction of sp³-hybridized carbons (Fsp3) is 0. The number of hydrogen-bond acceptors (Lipinski definition) is 5. The maximum absolute atomic E-state index is 6.60. The SMILES string of the molecule is c1ccc(-c2cccc(-c3nc(-c4ccc5c(c4)oc4ccccc45)nc(-c4c(-n5c6ccccc6c6cc7ccccc7cc65)ccc5oc6ccccc6c45)n3)c2)cc1. The highest BCUT2D eigenvalue weighted by atomic mass is 16.3. The second kappa shape index (κ2) is 13.1. The van der Waals surface area contributed by atoms with Gasteiger partial charge in [0.15, 0.2) is 17.5 Å². The molecule has 0 fully saturated rings. The summed E-state index contributed by atoms with van der Waals surface area (Å²) in [6.45, 7) is 0. The van der Waals surface area contributed by atoms with Crippen molar-refractivity contribution in [2.75, 3.05) is 0 Å². The van der Waals surface area contributed by atoms with Crippen LogP contribution in [0, 0.1) is 0 Å². The van der Waals surface area contributed by atoms with Crippen LogP contribution in [0.5, 0.6) is 0 Å². The van der Waals surface area contributed by atoms with Gasteiger partial charge in [0.2, 0.25) is 0 Å². The molecular formula is C55H32N4O2. The van der Waals surface area contributed by atoms with Crippen molar-refractivity contribution in [2.45, 2.75) is 0 Å². The van der Waals surface area contributed by atoms with Crippen molar-refractivity contribution in [1.29, 1.82) is 0 Å². The van der Waals surface area contributed by atoms with E-state index in [2.05, 4.69) is 156 Å². The molecule has 9 aromatic carbocycles. The van der Waals surface area contributed by atoms with E-state index in [9.17, 15) is 0 Å². The molecule has 0 saturated heterocycles. The fourth-order valence-electron chi connectivity index (χ4n) is 9.21. The minimum Gasteiger partial charge on any atom is -0.456 e. The minimum atomic E-state index is 0.536. The summed E-state index contributed by atoms with van der Waals surface area (Å²) in [6, 6.07) is 67.4. The van der Waals surface area contributed by atoms with Crippen LogP contribution in [0.4, 0.5) is 0 Å². The van der Waals surface area contributed by atoms with Gasteiger partial charge in [-0.1, -0.05) is 133 Å². The summed E-state index contributed by atoms with van der Waals surface area (Å²) < 4.78 is 15.4. The van der Waals surface area contributed by atoms with Crippen LogP contribution < -0.4 is 0 Å². The van der Waals surface area contributed by atoms with Crippen LogP contribution in [0.25, 0.3) is 127 Å². The molecule has 0 radical (unpaired) electrons. The number of rotatable bonds is 5. The molecule has 61 heavy (non-hydrogen) atoms. The van der Waals surface area contributed by atoms with Crippen LogP contribution in [-0.2, 0) is 0 Å². The molecule has 6 nitrogen and oxygen atoms in total. The van der Waals surface area contributed by atoms with Crippen molar-refractivity contribution in [3.05, 3.63) is 194 Å². The van der Waals surface area contributed by atoms with Crippen LogP contribution >= 0.6 is 0 Å². The smallest absolute Gasteiger partial charge is 0.166 e. The van der Waals surface area contributed by atoms with Crippen molar-refractivity contribution >= 4 is 76.5 Å². The maximum Gasteiger partial charge on any atom is 0.166 e. The highest BCUT2D eigenvalue weighted by Gasteiger charge is 2.25. The Morgan fingerprint density at radius 3 is 1.77 bits per heavy atom. The first-order valence-electron chi connectivity index (χ1n) is 20.4. The lowest BCUT2D eigenvalue weighted by molar-refractivity contribution is 0.668. The van der Waals surface area contributed by atoms with Gasteiger partial charge >= 0.3 is 0 Å². The van der Waals surface area contributed by atoms with Gasteiger partial charge in [-0.2, -0.15) is 0 Å². The zero-order valence-corrected chi connectivity index (χ0v) is 32.6. The predicted molar refractivity (Wildman–Crippen MR) is 248 cm³/mol. The predicted octanol–water partition coefficient (Wildman–Crippen LogP) is 14.6. The van der Waals surface area contributed by atoms with Crippen molar-refractivity contribution in [3.63, 3.8) is 0 Å². The third-order valence-electron chi connectivity index (χ3n) is 12.0. The van der Waals surface area contributed by atoms with E-state index in [1.165, 1.54) is 21.5 Å². The van der Waals surface area contributed by atoms with Crippen LogP contribution in [0.15, 0.2) is 203 Å². The highest BCUT2D eigenvalue weighted by Crippen LogP contribution is 2.44. The lowest BCUT2D eigenvalue weighted by atomic mass is 10.0. The lowest BCUT2D eigenvalue weighted by Crippen LogP contribution is -2.04. The van der Waals surface area contributed by atoms with E-state index in [-0.39, 0.29) is 0 Å². The molecule has 0 saturated carbocycles. The molecule has 4 aromatic heterocycles. The topological polar surface area (TPSA) is 69.9 Å². The average Bonchev–Trinajstić information content (AvgIpc) is 4.00. The van der Waals surface area contributed by atoms with Gasteiger partial charge in [0.1, 0.15) is 22.3 Å². The minimum absolute atomic E-state index is 0.536. The third kappa shape index (κ3) is 5.26. The molecule has 284 valence electrons. The van der Waals surface area contributed by atoms with Gasteiger partial charge in [-0.05, 0) is 82.6 Å². The van der Waals surface area contributed by atoms with E-state index < -0.39 is 0 Å². The van der Waals surface area contributed by atoms with Gasteiger partial charge in [-0.3, -0.25) is 0 Å². The summed E-state index contributed by atoms with van der Waals surface area (Å²) in [7, 11) is 0. The second-order valence-corrected chi connectivity index (χ2v) is 15.6. The van der Waals surface area contributed by atoms with Gasteiger partial charge in [-0.15, -0.1) is 0 Å². The zero-order valence-electron chi connectivity index (χ0n) is 32.6. The van der Waals surface area contributed by atoms with Crippen LogP contribution in [0.1, 0.15) is 0 Å². The largest absolute Gasteiger partial charge is 0.456 e. The van der Waals surface area contributed by atoms with E-state index in [0.29, 0.717) is 17.5 Å². The van der Waals surface area contributed by atoms with Gasteiger partial charge < -0.3 is 13.4 Å². The molecular weight excluding hydrogens is 749 g/mol. The van der Waals surface area contributed by atoms with Gasteiger partial charge in [-0.25, -0.2) is 15.0 Å². The molecule has 0 aliphatic rings. The van der Waals surface area contributed by atoms with Gasteiger partial charge in [0, 0.05) is 43.4 Å². The number of hydrogen-bond donors (Lipinski definition) is 0. The number of fused-ring (bicyclic) bond motifs is 10. The summed E-state index contributed by atoms with van der Waals surface area (Å²) in [5.41, 5.74) is 11.0. The molecule has 6 heteroatoms. The Morgan fingerprint density at radius 1 is 0.328 bits per heavy atom. The van der Waals surface area contributed by atoms with E-state index in [4.69, 9.17) is 23.8 Å². The Bertz CT molecular complexity index is 3900. The summed E-state index contributed by atoms with van der Waals surface area (Å²) in [4.78, 5) is 16.1. The molecule has 13 aromatic rings. The molecule has 0 aliphatic heterocycles. The Kier molecular flexibility index (Phi) is 7.21. The molecule has 0 bridgehead atoms. The van der Waals surface area contributed by atoms with Crippen LogP contribution in [0.3, 0.4) is 0 Å². The lowest BCUT2D eigenvalue weighted by Gasteiger charge is -2.16. The first kappa shape index (κ1) is 33.6. The van der Waals surface area contributed by atoms with E-state index in [1.807, 2.05) is 42.5 Å². The molecule has 0 N–H and O–H groups in total. The first-order chi connectivity index (χ1) is 30.2. The monoisotopic (exact) mass is 780 g/mol. The maximum atomic E-state index is 6.60. The Labute approximate surface area is 348 Å². The summed E-state index contributed by atoms with van der Waals surface area (Å²) >= 11 is 0. The highest BCUT2D eigenvalue weighted by molar-refractivity contribution is 6.17. The molecule has 4 heterocycles. The average molecular weight is 781 g/mol. The van der Waals surface area contributed by atoms with Crippen molar-refractivity contribution in [3.8, 4) is 51.0 Å². The number of benzene rings is 9. The zero-order chi connectivity index (χ0) is 40.0. The van der Waals surface area contributed by atoms with Crippen molar-refractivity contribution in [2.24, 2.45) is 0 Å². The Balaban J connectivity index is 1.14. The number of furan rings is 2. The molecule has 0 unspecified atom stereocenters. The van der Waals surface area contributed by atoms with E-state index in [0.717, 1.165) is 88.4 Å². The van der Waals surface area contributed by atoms with Gasteiger partial charge in [0.25, 0.3) is 0 Å². The molecule has 0 spiro atoms. The van der Waals surface area contributed by atoms with Crippen molar-refractivity contribution in [1.82, 2.24) is 19.5 Å². The second-order valence-electron chi connectivity index (χ2n) is 15.6. The van der Waals surface area contributed by atoms with Crippen molar-refractivity contribution < 1.29 is 8.83 Å². The fourth-order valence-corrected chi connectivity index (χ4v) is 9.21. The number of para-hydroxylation sites is 3. The summed E-state index contributed by atoms with van der Waals surface area (Å²) in [5, 5.41) is 8.74. The Morgan fingerprint density at radius 2 is 0.934 bits per heavy atom. The standard InChI is InChI=1S/C55H32N4O2/c1-2-13-33(14-3-1)34-17-12-18-37(29-34)53-56-54(38-25-26-41-40-20-7-10-23-47(40)61-50(41)32-38)58-55(57-53)52-45(27-28-49-51(52)42-21-8-11-24-48(42)60-49)59-44-22-9-6-19-39(44)43-30-35-15-4-5-16-36(35)31-46(43)59/h1-32H. The van der Waals surface area contributed by atoms with Crippen LogP contribution in [0.2, 0.25) is 0 Å². The third-order valence-corrected chi connectivity index (χ3v) is 12.0. The molecule has 0 atom stereocenters. The van der Waals surface area contributed by atoms with Crippen LogP contribution in [-0.4, -0.2) is 19.5 Å².